The third-order valence-electron chi connectivity index (χ3n) is 16.7. The molecule has 0 aliphatic heterocycles. The Morgan fingerprint density at radius 2 is 0.450 bits per heavy atom. The van der Waals surface area contributed by atoms with Crippen molar-refractivity contribution in [3.05, 3.63) is 24.3 Å². The van der Waals surface area contributed by atoms with Crippen molar-refractivity contribution in [1.29, 1.82) is 0 Å². The summed E-state index contributed by atoms with van der Waals surface area (Å²) in [7, 11) is 0. The molecule has 472 valence electrons. The Bertz CT molecular complexity index is 1290. The molecule has 0 amide bonds. The van der Waals surface area contributed by atoms with Crippen molar-refractivity contribution in [2.24, 2.45) is 0 Å². The van der Waals surface area contributed by atoms with Gasteiger partial charge in [0, 0.05) is 19.3 Å². The van der Waals surface area contributed by atoms with Gasteiger partial charge in [0.2, 0.25) is 0 Å². The van der Waals surface area contributed by atoms with E-state index in [4.69, 9.17) is 14.2 Å². The average molecular weight is 1130 g/mol. The van der Waals surface area contributed by atoms with Crippen molar-refractivity contribution in [1.82, 2.24) is 0 Å². The third kappa shape index (κ3) is 66.7. The first-order chi connectivity index (χ1) is 39.5. The average Bonchev–Trinajstić information content (AvgIpc) is 3.46. The minimum Gasteiger partial charge on any atom is -0.462 e. The number of rotatable bonds is 68. The first kappa shape index (κ1) is 77.9. The maximum Gasteiger partial charge on any atom is 0.306 e. The van der Waals surface area contributed by atoms with Crippen LogP contribution in [-0.4, -0.2) is 37.2 Å². The van der Waals surface area contributed by atoms with Crippen LogP contribution < -0.4 is 0 Å². The van der Waals surface area contributed by atoms with Crippen LogP contribution in [0.5, 0.6) is 0 Å². The number of unbranched alkanes of at least 4 members (excludes halogenated alkanes) is 53. The van der Waals surface area contributed by atoms with Crippen molar-refractivity contribution in [3.8, 4) is 0 Å². The van der Waals surface area contributed by atoms with E-state index in [-0.39, 0.29) is 31.1 Å². The zero-order valence-electron chi connectivity index (χ0n) is 54.4. The Balaban J connectivity index is 4.30. The van der Waals surface area contributed by atoms with Gasteiger partial charge in [0.25, 0.3) is 0 Å². The Morgan fingerprint density at radius 1 is 0.250 bits per heavy atom. The van der Waals surface area contributed by atoms with Gasteiger partial charge in [-0.25, -0.2) is 0 Å². The van der Waals surface area contributed by atoms with Gasteiger partial charge in [-0.2, -0.15) is 0 Å². The van der Waals surface area contributed by atoms with Gasteiger partial charge in [-0.3, -0.25) is 14.4 Å². The molecule has 0 spiro atoms. The van der Waals surface area contributed by atoms with Crippen molar-refractivity contribution < 1.29 is 28.6 Å². The Morgan fingerprint density at radius 3 is 0.688 bits per heavy atom. The molecule has 0 aromatic heterocycles. The lowest BCUT2D eigenvalue weighted by Gasteiger charge is -2.18. The van der Waals surface area contributed by atoms with E-state index in [9.17, 15) is 14.4 Å². The van der Waals surface area contributed by atoms with Gasteiger partial charge in [0.05, 0.1) is 0 Å². The van der Waals surface area contributed by atoms with Crippen molar-refractivity contribution in [2.75, 3.05) is 13.2 Å². The summed E-state index contributed by atoms with van der Waals surface area (Å²) in [5.74, 6) is -0.833. The summed E-state index contributed by atoms with van der Waals surface area (Å²) < 4.78 is 17.0. The highest BCUT2D eigenvalue weighted by Crippen LogP contribution is 2.19. The highest BCUT2D eigenvalue weighted by molar-refractivity contribution is 5.71. The van der Waals surface area contributed by atoms with Gasteiger partial charge < -0.3 is 14.2 Å². The summed E-state index contributed by atoms with van der Waals surface area (Å²) >= 11 is 0. The molecule has 0 radical (unpaired) electrons. The van der Waals surface area contributed by atoms with Crippen molar-refractivity contribution in [3.63, 3.8) is 0 Å². The molecular formula is C74H140O6. The molecule has 0 aliphatic rings. The molecule has 0 aliphatic carbocycles. The van der Waals surface area contributed by atoms with Crippen LogP contribution in [0.1, 0.15) is 412 Å². The SMILES string of the molecule is CCCCCCC/C=C\C/C=C\CCCCCCCCCCCC(=O)OCC(COC(=O)CCCCCCCCCCCCCCCCCCCCCC)OC(=O)CCCCCCCCCCCCCCCCCCCCCCC. The largest absolute Gasteiger partial charge is 0.462 e. The van der Waals surface area contributed by atoms with Crippen molar-refractivity contribution in [2.45, 2.75) is 419 Å². The monoisotopic (exact) mass is 1130 g/mol. The predicted octanol–water partition coefficient (Wildman–Crippen LogP) is 25.0. The second-order valence-corrected chi connectivity index (χ2v) is 24.9. The van der Waals surface area contributed by atoms with Crippen LogP contribution in [0.15, 0.2) is 24.3 Å². The number of allylic oxidation sites excluding steroid dienone is 4. The van der Waals surface area contributed by atoms with Crippen LogP contribution in [0.3, 0.4) is 0 Å². The first-order valence-electron chi connectivity index (χ1n) is 36.3. The van der Waals surface area contributed by atoms with E-state index >= 15 is 0 Å². The van der Waals surface area contributed by atoms with Gasteiger partial charge in [-0.15, -0.1) is 0 Å². The summed E-state index contributed by atoms with van der Waals surface area (Å²) in [5, 5.41) is 0. The maximum absolute atomic E-state index is 13.0. The molecule has 0 rings (SSSR count). The maximum atomic E-state index is 13.0. The summed E-state index contributed by atoms with van der Waals surface area (Å²) in [4.78, 5) is 38.5. The number of hydrogen-bond acceptors (Lipinski definition) is 6. The molecule has 0 N–H and O–H groups in total. The van der Waals surface area contributed by atoms with E-state index in [1.165, 1.54) is 308 Å². The highest BCUT2D eigenvalue weighted by Gasteiger charge is 2.19. The zero-order chi connectivity index (χ0) is 57.8. The van der Waals surface area contributed by atoms with Crippen LogP contribution in [0, 0.1) is 0 Å². The molecular weight excluding hydrogens is 985 g/mol. The highest BCUT2D eigenvalue weighted by atomic mass is 16.6. The second kappa shape index (κ2) is 69.4. The predicted molar refractivity (Wildman–Crippen MR) is 349 cm³/mol. The number of esters is 3. The lowest BCUT2D eigenvalue weighted by Crippen LogP contribution is -2.30. The molecule has 0 heterocycles. The molecule has 0 aromatic rings. The van der Waals surface area contributed by atoms with Crippen LogP contribution in [-0.2, 0) is 28.6 Å². The molecule has 0 saturated carbocycles. The Kier molecular flexibility index (Phi) is 67.6. The topological polar surface area (TPSA) is 78.9 Å². The summed E-state index contributed by atoms with van der Waals surface area (Å²) in [6.07, 6.45) is 84.9. The van der Waals surface area contributed by atoms with Gasteiger partial charge >= 0.3 is 17.9 Å². The fourth-order valence-corrected chi connectivity index (χ4v) is 11.2. The molecule has 80 heavy (non-hydrogen) atoms. The normalized spacial score (nSPS) is 12.1. The number of hydrogen-bond donors (Lipinski definition) is 0. The van der Waals surface area contributed by atoms with Gasteiger partial charge in [0.15, 0.2) is 6.10 Å². The Hall–Kier alpha value is -2.11. The van der Waals surface area contributed by atoms with Crippen LogP contribution in [0.25, 0.3) is 0 Å². The lowest BCUT2D eigenvalue weighted by molar-refractivity contribution is -0.167. The van der Waals surface area contributed by atoms with Crippen molar-refractivity contribution >= 4 is 17.9 Å². The van der Waals surface area contributed by atoms with Gasteiger partial charge in [-0.1, -0.05) is 366 Å². The van der Waals surface area contributed by atoms with Crippen LogP contribution in [0.2, 0.25) is 0 Å². The molecule has 1 atom stereocenters. The van der Waals surface area contributed by atoms with E-state index in [0.29, 0.717) is 19.3 Å². The number of carbonyl (C=O) groups excluding carboxylic acids is 3. The smallest absolute Gasteiger partial charge is 0.306 e. The third-order valence-corrected chi connectivity index (χ3v) is 16.7. The van der Waals surface area contributed by atoms with Gasteiger partial charge in [0.1, 0.15) is 13.2 Å². The molecule has 6 nitrogen and oxygen atoms in total. The van der Waals surface area contributed by atoms with E-state index in [0.717, 1.165) is 64.2 Å². The van der Waals surface area contributed by atoms with E-state index in [2.05, 4.69) is 45.1 Å². The molecule has 0 fully saturated rings. The standard InChI is InChI=1S/C74H140O6/c1-4-7-10-13-16-19-22-25-28-31-34-37-40-43-46-49-52-55-58-61-64-67-73(76)79-70-71(69-78-72(75)66-63-60-57-54-51-48-45-42-39-36-33-30-27-24-21-18-15-12-9-6-3)80-74(77)68-65-62-59-56-53-50-47-44-41-38-35-32-29-26-23-20-17-14-11-8-5-2/h22,25,31,34,71H,4-21,23-24,26-30,32-33,35-70H2,1-3H3/b25-22-,34-31-. The Labute approximate surface area is 500 Å². The quantitative estimate of drug-likeness (QED) is 0.0261. The minimum absolute atomic E-state index is 0.0655. The second-order valence-electron chi connectivity index (χ2n) is 24.9. The molecule has 0 aromatic carbocycles. The lowest BCUT2D eigenvalue weighted by atomic mass is 10.0. The summed E-state index contributed by atoms with van der Waals surface area (Å²) in [6, 6.07) is 0. The fraction of sp³-hybridized carbons (Fsp3) is 0.905. The van der Waals surface area contributed by atoms with E-state index in [1.807, 2.05) is 0 Å². The van der Waals surface area contributed by atoms with E-state index in [1.54, 1.807) is 0 Å². The molecule has 6 heteroatoms. The molecule has 1 unspecified atom stereocenters. The number of carbonyl (C=O) groups is 3. The first-order valence-corrected chi connectivity index (χ1v) is 36.3. The minimum atomic E-state index is -0.770. The number of ether oxygens (including phenoxy) is 3. The van der Waals surface area contributed by atoms with Gasteiger partial charge in [-0.05, 0) is 51.4 Å². The fourth-order valence-electron chi connectivity index (χ4n) is 11.2. The summed E-state index contributed by atoms with van der Waals surface area (Å²) in [5.41, 5.74) is 0. The molecule has 0 bridgehead atoms. The molecule has 0 saturated heterocycles. The summed E-state index contributed by atoms with van der Waals surface area (Å²) in [6.45, 7) is 6.72. The zero-order valence-corrected chi connectivity index (χ0v) is 54.4. The van der Waals surface area contributed by atoms with E-state index < -0.39 is 6.10 Å². The van der Waals surface area contributed by atoms with Crippen LogP contribution >= 0.6 is 0 Å². The van der Waals surface area contributed by atoms with Crippen LogP contribution in [0.4, 0.5) is 0 Å².